The number of nitrogens with zero attached hydrogens (tertiary/aromatic N) is 4. The quantitative estimate of drug-likeness (QED) is 0.845. The molecule has 78 valence electrons. The van der Waals surface area contributed by atoms with E-state index in [4.69, 9.17) is 11.6 Å². The summed E-state index contributed by atoms with van der Waals surface area (Å²) in [7, 11) is 1.86. The Bertz CT molecular complexity index is 479. The molecule has 2 aromatic rings. The van der Waals surface area contributed by atoms with Crippen LogP contribution in [0.4, 0.5) is 11.5 Å². The van der Waals surface area contributed by atoms with Crippen LogP contribution < -0.4 is 5.32 Å². The van der Waals surface area contributed by atoms with E-state index in [0.717, 1.165) is 11.4 Å². The minimum absolute atomic E-state index is 0.348. The number of nitrogens with one attached hydrogen (secondary N) is 1. The first-order valence-corrected chi connectivity index (χ1v) is 4.78. The van der Waals surface area contributed by atoms with Crippen molar-refractivity contribution in [2.45, 2.75) is 6.92 Å². The highest BCUT2D eigenvalue weighted by molar-refractivity contribution is 6.31. The molecule has 5 nitrogen and oxygen atoms in total. The summed E-state index contributed by atoms with van der Waals surface area (Å²) in [4.78, 5) is 8.01. The molecule has 0 amide bonds. The van der Waals surface area contributed by atoms with E-state index in [1.54, 1.807) is 17.1 Å². The SMILES string of the molecule is Cc1nn(C)cc1Nc1nccnc1Cl. The number of hydrogen-bond acceptors (Lipinski definition) is 4. The van der Waals surface area contributed by atoms with Gasteiger partial charge in [-0.25, -0.2) is 9.97 Å². The second-order valence-electron chi connectivity index (χ2n) is 3.12. The van der Waals surface area contributed by atoms with E-state index in [9.17, 15) is 0 Å². The topological polar surface area (TPSA) is 55.6 Å². The van der Waals surface area contributed by atoms with Crippen LogP contribution >= 0.6 is 11.6 Å². The normalized spacial score (nSPS) is 10.3. The predicted molar refractivity (Wildman–Crippen MR) is 58.3 cm³/mol. The highest BCUT2D eigenvalue weighted by Gasteiger charge is 2.06. The standard InChI is InChI=1S/C9H10ClN5/c1-6-7(5-15(2)14-6)13-9-8(10)11-3-4-12-9/h3-5H,1-2H3,(H,12,13). The lowest BCUT2D eigenvalue weighted by molar-refractivity contribution is 0.756. The van der Waals surface area contributed by atoms with Crippen LogP contribution in [0.5, 0.6) is 0 Å². The molecule has 2 rings (SSSR count). The largest absolute Gasteiger partial charge is 0.335 e. The molecule has 0 spiro atoms. The van der Waals surface area contributed by atoms with Crippen molar-refractivity contribution in [1.82, 2.24) is 19.7 Å². The first kappa shape index (κ1) is 9.92. The molecule has 15 heavy (non-hydrogen) atoms. The molecule has 2 aromatic heterocycles. The Hall–Kier alpha value is -1.62. The van der Waals surface area contributed by atoms with Gasteiger partial charge in [0.15, 0.2) is 11.0 Å². The van der Waals surface area contributed by atoms with Gasteiger partial charge in [0.05, 0.1) is 11.4 Å². The van der Waals surface area contributed by atoms with Crippen LogP contribution in [0.1, 0.15) is 5.69 Å². The Morgan fingerprint density at radius 1 is 1.33 bits per heavy atom. The van der Waals surface area contributed by atoms with Gasteiger partial charge < -0.3 is 5.32 Å². The number of anilines is 2. The molecule has 0 aliphatic rings. The molecule has 1 N–H and O–H groups in total. The summed E-state index contributed by atoms with van der Waals surface area (Å²) in [6.45, 7) is 1.91. The third kappa shape index (κ3) is 2.07. The zero-order valence-electron chi connectivity index (χ0n) is 8.40. The molecule has 0 aliphatic heterocycles. The molecule has 0 aromatic carbocycles. The van der Waals surface area contributed by atoms with Crippen LogP contribution in [0.25, 0.3) is 0 Å². The number of aryl methyl sites for hydroxylation is 2. The molecule has 0 saturated carbocycles. The van der Waals surface area contributed by atoms with Crippen molar-refractivity contribution >= 4 is 23.1 Å². The van der Waals surface area contributed by atoms with E-state index in [1.807, 2.05) is 20.2 Å². The van der Waals surface area contributed by atoms with E-state index in [1.165, 1.54) is 0 Å². The summed E-state index contributed by atoms with van der Waals surface area (Å²) in [5.74, 6) is 0.537. The molecule has 0 fully saturated rings. The van der Waals surface area contributed by atoms with Gasteiger partial charge in [0.2, 0.25) is 0 Å². The second-order valence-corrected chi connectivity index (χ2v) is 3.48. The van der Waals surface area contributed by atoms with Crippen molar-refractivity contribution in [2.75, 3.05) is 5.32 Å². The van der Waals surface area contributed by atoms with Crippen molar-refractivity contribution in [1.29, 1.82) is 0 Å². The number of rotatable bonds is 2. The Morgan fingerprint density at radius 3 is 2.67 bits per heavy atom. The summed E-state index contributed by atoms with van der Waals surface area (Å²) in [6.07, 6.45) is 4.99. The average molecular weight is 224 g/mol. The van der Waals surface area contributed by atoms with Crippen molar-refractivity contribution in [3.63, 3.8) is 0 Å². The van der Waals surface area contributed by atoms with Gasteiger partial charge in [-0.1, -0.05) is 11.6 Å². The van der Waals surface area contributed by atoms with Gasteiger partial charge in [-0.15, -0.1) is 0 Å². The Balaban J connectivity index is 2.29. The van der Waals surface area contributed by atoms with Crippen LogP contribution in [-0.2, 0) is 7.05 Å². The monoisotopic (exact) mass is 223 g/mol. The van der Waals surface area contributed by atoms with E-state index < -0.39 is 0 Å². The Labute approximate surface area is 92.1 Å². The molecule has 6 heteroatoms. The summed E-state index contributed by atoms with van der Waals surface area (Å²) >= 11 is 5.87. The van der Waals surface area contributed by atoms with Crippen LogP contribution in [0, 0.1) is 6.92 Å². The van der Waals surface area contributed by atoms with Crippen molar-refractivity contribution in [3.05, 3.63) is 29.4 Å². The van der Waals surface area contributed by atoms with Crippen molar-refractivity contribution in [2.24, 2.45) is 7.05 Å². The summed E-state index contributed by atoms with van der Waals surface area (Å²) in [5.41, 5.74) is 1.76. The third-order valence-electron chi connectivity index (χ3n) is 1.92. The van der Waals surface area contributed by atoms with E-state index in [2.05, 4.69) is 20.4 Å². The minimum atomic E-state index is 0.348. The van der Waals surface area contributed by atoms with Gasteiger partial charge in [0.1, 0.15) is 0 Å². The van der Waals surface area contributed by atoms with Gasteiger partial charge in [0, 0.05) is 25.6 Å². The zero-order valence-corrected chi connectivity index (χ0v) is 9.15. The fourth-order valence-electron chi connectivity index (χ4n) is 1.25. The molecule has 2 heterocycles. The van der Waals surface area contributed by atoms with E-state index in [0.29, 0.717) is 11.0 Å². The van der Waals surface area contributed by atoms with Gasteiger partial charge in [-0.05, 0) is 6.92 Å². The summed E-state index contributed by atoms with van der Waals surface area (Å²) < 4.78 is 1.72. The smallest absolute Gasteiger partial charge is 0.171 e. The maximum atomic E-state index is 5.87. The lowest BCUT2D eigenvalue weighted by Gasteiger charge is -2.03. The number of halogens is 1. The van der Waals surface area contributed by atoms with Crippen LogP contribution in [-0.4, -0.2) is 19.7 Å². The molecule has 0 unspecified atom stereocenters. The fourth-order valence-corrected chi connectivity index (χ4v) is 1.41. The second kappa shape index (κ2) is 3.86. The van der Waals surface area contributed by atoms with Crippen molar-refractivity contribution in [3.8, 4) is 0 Å². The summed E-state index contributed by atoms with van der Waals surface area (Å²) in [6, 6.07) is 0. The molecular weight excluding hydrogens is 214 g/mol. The van der Waals surface area contributed by atoms with Gasteiger partial charge >= 0.3 is 0 Å². The fraction of sp³-hybridized carbons (Fsp3) is 0.222. The highest BCUT2D eigenvalue weighted by Crippen LogP contribution is 2.21. The molecular formula is C9H10ClN5. The van der Waals surface area contributed by atoms with E-state index in [-0.39, 0.29) is 0 Å². The van der Waals surface area contributed by atoms with Crippen LogP contribution in [0.3, 0.4) is 0 Å². The molecule has 0 bridgehead atoms. The van der Waals surface area contributed by atoms with E-state index >= 15 is 0 Å². The molecule has 0 radical (unpaired) electrons. The Kier molecular flexibility index (Phi) is 2.55. The lowest BCUT2D eigenvalue weighted by Crippen LogP contribution is -1.95. The highest BCUT2D eigenvalue weighted by atomic mass is 35.5. The van der Waals surface area contributed by atoms with Gasteiger partial charge in [-0.2, -0.15) is 5.10 Å². The van der Waals surface area contributed by atoms with Crippen molar-refractivity contribution < 1.29 is 0 Å². The maximum Gasteiger partial charge on any atom is 0.171 e. The molecule has 0 aliphatic carbocycles. The molecule has 0 saturated heterocycles. The van der Waals surface area contributed by atoms with Gasteiger partial charge in [0.25, 0.3) is 0 Å². The maximum absolute atomic E-state index is 5.87. The number of aromatic nitrogens is 4. The first-order chi connectivity index (χ1) is 7.16. The Morgan fingerprint density at radius 2 is 2.07 bits per heavy atom. The zero-order chi connectivity index (χ0) is 10.8. The first-order valence-electron chi connectivity index (χ1n) is 4.40. The summed E-state index contributed by atoms with van der Waals surface area (Å²) in [5, 5.41) is 7.62. The lowest BCUT2D eigenvalue weighted by atomic mass is 10.4. The number of hydrogen-bond donors (Lipinski definition) is 1. The third-order valence-corrected chi connectivity index (χ3v) is 2.20. The van der Waals surface area contributed by atoms with Crippen LogP contribution in [0.15, 0.2) is 18.6 Å². The predicted octanol–water partition coefficient (Wildman–Crippen LogP) is 1.92. The molecule has 0 atom stereocenters. The van der Waals surface area contributed by atoms with Gasteiger partial charge in [-0.3, -0.25) is 4.68 Å². The minimum Gasteiger partial charge on any atom is -0.335 e. The average Bonchev–Trinajstić information content (AvgIpc) is 2.49. The van der Waals surface area contributed by atoms with Crippen LogP contribution in [0.2, 0.25) is 5.15 Å².